The van der Waals surface area contributed by atoms with E-state index in [1.807, 2.05) is 6.07 Å². The highest BCUT2D eigenvalue weighted by atomic mass is 79.9. The second-order valence-electron chi connectivity index (χ2n) is 4.87. The van der Waals surface area contributed by atoms with Crippen molar-refractivity contribution in [1.29, 1.82) is 0 Å². The molecular formula is C17H15BrFN3O3. The molecule has 0 heterocycles. The van der Waals surface area contributed by atoms with Crippen LogP contribution in [-0.2, 0) is 4.79 Å². The number of rotatable bonds is 6. The number of halogens is 2. The Labute approximate surface area is 152 Å². The van der Waals surface area contributed by atoms with Gasteiger partial charge < -0.3 is 10.1 Å². The van der Waals surface area contributed by atoms with Crippen LogP contribution in [0.25, 0.3) is 0 Å². The summed E-state index contributed by atoms with van der Waals surface area (Å²) in [4.78, 5) is 23.5. The summed E-state index contributed by atoms with van der Waals surface area (Å²) < 4.78 is 18.8. The van der Waals surface area contributed by atoms with E-state index in [0.29, 0.717) is 11.3 Å². The van der Waals surface area contributed by atoms with Crippen molar-refractivity contribution in [3.8, 4) is 5.75 Å². The van der Waals surface area contributed by atoms with Crippen molar-refractivity contribution in [2.45, 2.75) is 0 Å². The normalized spacial score (nSPS) is 10.5. The van der Waals surface area contributed by atoms with Gasteiger partial charge in [0.1, 0.15) is 11.6 Å². The first-order valence-electron chi connectivity index (χ1n) is 7.19. The Balaban J connectivity index is 1.85. The van der Waals surface area contributed by atoms with Crippen LogP contribution in [-0.4, -0.2) is 31.7 Å². The maximum Gasteiger partial charge on any atom is 0.259 e. The SMILES string of the molecule is COc1ccc(Br)cc1/C=N/NC(=O)CNC(=O)c1ccc(F)cc1. The number of amides is 2. The van der Waals surface area contributed by atoms with E-state index >= 15 is 0 Å². The number of nitrogens with zero attached hydrogens (tertiary/aromatic N) is 1. The second kappa shape index (κ2) is 8.93. The Kier molecular flexibility index (Phi) is 6.64. The lowest BCUT2D eigenvalue weighted by atomic mass is 10.2. The van der Waals surface area contributed by atoms with Crippen LogP contribution in [0.2, 0.25) is 0 Å². The summed E-state index contributed by atoms with van der Waals surface area (Å²) in [6.45, 7) is -0.261. The van der Waals surface area contributed by atoms with Gasteiger partial charge in [-0.2, -0.15) is 5.10 Å². The number of hydrazone groups is 1. The predicted octanol–water partition coefficient (Wildman–Crippen LogP) is 2.48. The van der Waals surface area contributed by atoms with Crippen molar-refractivity contribution in [2.75, 3.05) is 13.7 Å². The Morgan fingerprint density at radius 2 is 1.96 bits per heavy atom. The Bertz CT molecular complexity index is 794. The first-order chi connectivity index (χ1) is 12.0. The Morgan fingerprint density at radius 3 is 2.64 bits per heavy atom. The summed E-state index contributed by atoms with van der Waals surface area (Å²) in [7, 11) is 1.53. The fourth-order valence-corrected chi connectivity index (χ4v) is 2.26. The third-order valence-electron chi connectivity index (χ3n) is 3.10. The molecule has 2 rings (SSSR count). The Morgan fingerprint density at radius 1 is 1.24 bits per heavy atom. The molecular weight excluding hydrogens is 393 g/mol. The van der Waals surface area contributed by atoms with Crippen LogP contribution in [0.3, 0.4) is 0 Å². The van der Waals surface area contributed by atoms with Gasteiger partial charge in [0.05, 0.1) is 19.9 Å². The summed E-state index contributed by atoms with van der Waals surface area (Å²) in [5.74, 6) is -0.814. The minimum atomic E-state index is -0.499. The summed E-state index contributed by atoms with van der Waals surface area (Å²) in [6.07, 6.45) is 1.43. The first-order valence-corrected chi connectivity index (χ1v) is 7.98. The van der Waals surface area contributed by atoms with E-state index in [0.717, 1.165) is 4.47 Å². The van der Waals surface area contributed by atoms with Gasteiger partial charge in [-0.25, -0.2) is 9.82 Å². The predicted molar refractivity (Wildman–Crippen MR) is 95.2 cm³/mol. The minimum Gasteiger partial charge on any atom is -0.496 e. The lowest BCUT2D eigenvalue weighted by Crippen LogP contribution is -2.34. The van der Waals surface area contributed by atoms with Gasteiger partial charge in [-0.05, 0) is 42.5 Å². The fourth-order valence-electron chi connectivity index (χ4n) is 1.88. The molecule has 2 aromatic carbocycles. The third kappa shape index (κ3) is 5.68. The quantitative estimate of drug-likeness (QED) is 0.570. The summed E-state index contributed by atoms with van der Waals surface area (Å²) in [6, 6.07) is 10.4. The molecule has 6 nitrogen and oxygen atoms in total. The fraction of sp³-hybridized carbons (Fsp3) is 0.118. The molecule has 0 saturated heterocycles. The van der Waals surface area contributed by atoms with Gasteiger partial charge in [-0.1, -0.05) is 15.9 Å². The first kappa shape index (κ1) is 18.6. The van der Waals surface area contributed by atoms with Crippen molar-refractivity contribution in [3.05, 3.63) is 63.9 Å². The van der Waals surface area contributed by atoms with E-state index in [9.17, 15) is 14.0 Å². The molecule has 0 aliphatic carbocycles. The number of nitrogens with one attached hydrogen (secondary N) is 2. The molecule has 0 aromatic heterocycles. The van der Waals surface area contributed by atoms with Crippen LogP contribution in [0.15, 0.2) is 52.0 Å². The van der Waals surface area contributed by atoms with E-state index < -0.39 is 17.6 Å². The van der Waals surface area contributed by atoms with E-state index in [1.165, 1.54) is 37.6 Å². The number of benzene rings is 2. The molecule has 25 heavy (non-hydrogen) atoms. The maximum atomic E-state index is 12.8. The number of hydrogen-bond acceptors (Lipinski definition) is 4. The standard InChI is InChI=1S/C17H15BrFN3O3/c1-25-15-7-4-13(18)8-12(15)9-21-22-16(23)10-20-17(24)11-2-5-14(19)6-3-11/h2-9H,10H2,1H3,(H,20,24)(H,22,23)/b21-9+. The number of hydrogen-bond donors (Lipinski definition) is 2. The maximum absolute atomic E-state index is 12.8. The molecule has 8 heteroatoms. The van der Waals surface area contributed by atoms with Crippen molar-refractivity contribution in [2.24, 2.45) is 5.10 Å². The molecule has 2 amide bonds. The highest BCUT2D eigenvalue weighted by Gasteiger charge is 2.07. The molecule has 0 spiro atoms. The van der Waals surface area contributed by atoms with Crippen LogP contribution in [0.4, 0.5) is 4.39 Å². The zero-order chi connectivity index (χ0) is 18.2. The molecule has 0 aliphatic heterocycles. The topological polar surface area (TPSA) is 79.8 Å². The average molecular weight is 408 g/mol. The van der Waals surface area contributed by atoms with E-state index in [4.69, 9.17) is 4.74 Å². The van der Waals surface area contributed by atoms with Crippen molar-refractivity contribution < 1.29 is 18.7 Å². The molecule has 0 bridgehead atoms. The molecule has 0 unspecified atom stereocenters. The number of carbonyl (C=O) groups is 2. The summed E-state index contributed by atoms with van der Waals surface area (Å²) >= 11 is 3.34. The van der Waals surface area contributed by atoms with Gasteiger partial charge in [0.2, 0.25) is 0 Å². The number of methoxy groups -OCH3 is 1. The van der Waals surface area contributed by atoms with Gasteiger partial charge in [-0.3, -0.25) is 9.59 Å². The van der Waals surface area contributed by atoms with Crippen LogP contribution in [0.1, 0.15) is 15.9 Å². The molecule has 0 aliphatic rings. The average Bonchev–Trinajstić information content (AvgIpc) is 2.60. The summed E-state index contributed by atoms with van der Waals surface area (Å²) in [5, 5.41) is 6.25. The van der Waals surface area contributed by atoms with Crippen LogP contribution in [0.5, 0.6) is 5.75 Å². The van der Waals surface area contributed by atoms with E-state index in [-0.39, 0.29) is 12.1 Å². The lowest BCUT2D eigenvalue weighted by molar-refractivity contribution is -0.120. The molecule has 2 aromatic rings. The number of ether oxygens (including phenoxy) is 1. The zero-order valence-corrected chi connectivity index (χ0v) is 14.8. The highest BCUT2D eigenvalue weighted by Crippen LogP contribution is 2.21. The smallest absolute Gasteiger partial charge is 0.259 e. The van der Waals surface area contributed by atoms with Gasteiger partial charge >= 0.3 is 0 Å². The summed E-state index contributed by atoms with van der Waals surface area (Å²) in [5.41, 5.74) is 3.24. The van der Waals surface area contributed by atoms with E-state index in [1.54, 1.807) is 12.1 Å². The van der Waals surface area contributed by atoms with Crippen LogP contribution in [0, 0.1) is 5.82 Å². The molecule has 0 saturated carbocycles. The number of carbonyl (C=O) groups excluding carboxylic acids is 2. The Hall–Kier alpha value is -2.74. The highest BCUT2D eigenvalue weighted by molar-refractivity contribution is 9.10. The molecule has 0 radical (unpaired) electrons. The van der Waals surface area contributed by atoms with Crippen molar-refractivity contribution in [1.82, 2.24) is 10.7 Å². The molecule has 2 N–H and O–H groups in total. The molecule has 130 valence electrons. The van der Waals surface area contributed by atoms with Gasteiger partial charge in [0, 0.05) is 15.6 Å². The van der Waals surface area contributed by atoms with Gasteiger partial charge in [-0.15, -0.1) is 0 Å². The van der Waals surface area contributed by atoms with Gasteiger partial charge in [0.15, 0.2) is 0 Å². The van der Waals surface area contributed by atoms with Crippen LogP contribution >= 0.6 is 15.9 Å². The van der Waals surface area contributed by atoms with Crippen molar-refractivity contribution >= 4 is 34.0 Å². The molecule has 0 atom stereocenters. The minimum absolute atomic E-state index is 0.261. The van der Waals surface area contributed by atoms with E-state index in [2.05, 4.69) is 31.8 Å². The third-order valence-corrected chi connectivity index (χ3v) is 3.59. The van der Waals surface area contributed by atoms with Crippen LogP contribution < -0.4 is 15.5 Å². The van der Waals surface area contributed by atoms with Gasteiger partial charge in [0.25, 0.3) is 11.8 Å². The zero-order valence-electron chi connectivity index (χ0n) is 13.3. The lowest BCUT2D eigenvalue weighted by Gasteiger charge is -2.05. The molecule has 0 fully saturated rings. The monoisotopic (exact) mass is 407 g/mol. The second-order valence-corrected chi connectivity index (χ2v) is 5.78. The largest absolute Gasteiger partial charge is 0.496 e. The van der Waals surface area contributed by atoms with Crippen molar-refractivity contribution in [3.63, 3.8) is 0 Å².